The van der Waals surface area contributed by atoms with Crippen LogP contribution in [0.5, 0.6) is 0 Å². The average Bonchev–Trinajstić information content (AvgIpc) is 2.14. The molecule has 4 nitrogen and oxygen atoms in total. The summed E-state index contributed by atoms with van der Waals surface area (Å²) >= 11 is 0. The maximum atomic E-state index is 11.0. The molecule has 0 fully saturated rings. The number of primary amides is 1. The van der Waals surface area contributed by atoms with E-state index < -0.39 is 0 Å². The van der Waals surface area contributed by atoms with E-state index in [9.17, 15) is 4.79 Å². The lowest BCUT2D eigenvalue weighted by atomic mass is 9.93. The molecule has 0 aromatic carbocycles. The van der Waals surface area contributed by atoms with Crippen molar-refractivity contribution in [3.05, 3.63) is 0 Å². The van der Waals surface area contributed by atoms with Crippen molar-refractivity contribution >= 4 is 5.91 Å². The van der Waals surface area contributed by atoms with Gasteiger partial charge in [0.15, 0.2) is 0 Å². The quantitative estimate of drug-likeness (QED) is 0.559. The highest BCUT2D eigenvalue weighted by Gasteiger charge is 2.26. The summed E-state index contributed by atoms with van der Waals surface area (Å²) in [6, 6.07) is -0.300. The summed E-state index contributed by atoms with van der Waals surface area (Å²) in [7, 11) is 0. The maximum absolute atomic E-state index is 11.0. The van der Waals surface area contributed by atoms with E-state index in [2.05, 4.69) is 5.32 Å². The molecule has 0 spiro atoms. The molecule has 0 rings (SSSR count). The SMILES string of the molecule is CCC(NC(C)(CC)CCO)C(N)=O. The summed E-state index contributed by atoms with van der Waals surface area (Å²) in [6.07, 6.45) is 2.17. The number of hydrogen-bond acceptors (Lipinski definition) is 3. The monoisotopic (exact) mass is 202 g/mol. The van der Waals surface area contributed by atoms with E-state index in [4.69, 9.17) is 10.8 Å². The highest BCUT2D eigenvalue weighted by Crippen LogP contribution is 2.15. The Kier molecular flexibility index (Phi) is 5.72. The van der Waals surface area contributed by atoms with E-state index in [1.165, 1.54) is 0 Å². The van der Waals surface area contributed by atoms with Crippen LogP contribution in [0.1, 0.15) is 40.0 Å². The fourth-order valence-electron chi connectivity index (χ4n) is 1.39. The smallest absolute Gasteiger partial charge is 0.234 e. The van der Waals surface area contributed by atoms with Crippen molar-refractivity contribution < 1.29 is 9.90 Å². The van der Waals surface area contributed by atoms with Crippen LogP contribution in [0.3, 0.4) is 0 Å². The summed E-state index contributed by atoms with van der Waals surface area (Å²) < 4.78 is 0. The van der Waals surface area contributed by atoms with Crippen molar-refractivity contribution in [3.8, 4) is 0 Å². The van der Waals surface area contributed by atoms with E-state index in [-0.39, 0.29) is 24.1 Å². The van der Waals surface area contributed by atoms with Gasteiger partial charge in [0.25, 0.3) is 0 Å². The molecule has 0 heterocycles. The number of hydrogen-bond donors (Lipinski definition) is 3. The predicted molar refractivity (Wildman–Crippen MR) is 56.8 cm³/mol. The standard InChI is InChI=1S/C10H22N2O2/c1-4-8(9(11)14)12-10(3,5-2)6-7-13/h8,12-13H,4-7H2,1-3H3,(H2,11,14). The van der Waals surface area contributed by atoms with Crippen molar-refractivity contribution in [2.24, 2.45) is 5.73 Å². The van der Waals surface area contributed by atoms with Crippen LogP contribution in [0.25, 0.3) is 0 Å². The largest absolute Gasteiger partial charge is 0.396 e. The van der Waals surface area contributed by atoms with Gasteiger partial charge in [-0.15, -0.1) is 0 Å². The summed E-state index contributed by atoms with van der Waals surface area (Å²) in [5.74, 6) is -0.329. The molecule has 14 heavy (non-hydrogen) atoms. The second kappa shape index (κ2) is 5.98. The van der Waals surface area contributed by atoms with Crippen LogP contribution in [0.15, 0.2) is 0 Å². The van der Waals surface area contributed by atoms with Gasteiger partial charge in [0, 0.05) is 12.1 Å². The molecule has 0 aliphatic rings. The van der Waals surface area contributed by atoms with Crippen LogP contribution in [-0.2, 0) is 4.79 Å². The summed E-state index contributed by atoms with van der Waals surface area (Å²) in [6.45, 7) is 6.05. The van der Waals surface area contributed by atoms with Crippen LogP contribution in [-0.4, -0.2) is 29.2 Å². The Hall–Kier alpha value is -0.610. The minimum atomic E-state index is -0.329. The molecule has 4 N–H and O–H groups in total. The first-order valence-corrected chi connectivity index (χ1v) is 5.17. The molecule has 2 atom stereocenters. The molecule has 0 saturated carbocycles. The lowest BCUT2D eigenvalue weighted by molar-refractivity contribution is -0.120. The summed E-state index contributed by atoms with van der Waals surface area (Å²) in [5, 5.41) is 12.1. The third-order valence-corrected chi connectivity index (χ3v) is 2.72. The molecule has 4 heteroatoms. The number of aliphatic hydroxyl groups excluding tert-OH is 1. The first kappa shape index (κ1) is 13.4. The molecule has 2 unspecified atom stereocenters. The molecule has 0 aromatic heterocycles. The minimum Gasteiger partial charge on any atom is -0.396 e. The van der Waals surface area contributed by atoms with E-state index >= 15 is 0 Å². The van der Waals surface area contributed by atoms with Crippen LogP contribution < -0.4 is 11.1 Å². The Morgan fingerprint density at radius 3 is 2.43 bits per heavy atom. The fraction of sp³-hybridized carbons (Fsp3) is 0.900. The highest BCUT2D eigenvalue weighted by atomic mass is 16.3. The van der Waals surface area contributed by atoms with Crippen molar-refractivity contribution in [3.63, 3.8) is 0 Å². The number of carbonyl (C=O) groups excluding carboxylic acids is 1. The molecule has 0 aromatic rings. The highest BCUT2D eigenvalue weighted by molar-refractivity contribution is 5.79. The van der Waals surface area contributed by atoms with E-state index in [1.54, 1.807) is 0 Å². The molecule has 0 radical (unpaired) electrons. The number of rotatable bonds is 7. The minimum absolute atomic E-state index is 0.118. The molecule has 84 valence electrons. The van der Waals surface area contributed by atoms with Crippen molar-refractivity contribution in [2.75, 3.05) is 6.61 Å². The van der Waals surface area contributed by atoms with Gasteiger partial charge in [-0.3, -0.25) is 4.79 Å². The number of nitrogens with one attached hydrogen (secondary N) is 1. The Bertz CT molecular complexity index is 185. The lowest BCUT2D eigenvalue weighted by Gasteiger charge is -2.32. The number of aliphatic hydroxyl groups is 1. The van der Waals surface area contributed by atoms with Crippen LogP contribution in [0.4, 0.5) is 0 Å². The van der Waals surface area contributed by atoms with Crippen molar-refractivity contribution in [1.82, 2.24) is 5.32 Å². The third-order valence-electron chi connectivity index (χ3n) is 2.72. The van der Waals surface area contributed by atoms with Gasteiger partial charge < -0.3 is 16.2 Å². The predicted octanol–water partition coefficient (Wildman–Crippen LogP) is 0.391. The molecule has 0 bridgehead atoms. The zero-order chi connectivity index (χ0) is 11.2. The molecule has 0 saturated heterocycles. The van der Waals surface area contributed by atoms with Gasteiger partial charge in [-0.05, 0) is 26.2 Å². The van der Waals surface area contributed by atoms with Crippen LogP contribution in [0, 0.1) is 0 Å². The average molecular weight is 202 g/mol. The van der Waals surface area contributed by atoms with E-state index in [0.717, 1.165) is 6.42 Å². The molecule has 1 amide bonds. The number of amides is 1. The lowest BCUT2D eigenvalue weighted by Crippen LogP contribution is -2.53. The Balaban J connectivity index is 4.33. The molecular formula is C10H22N2O2. The number of nitrogens with two attached hydrogens (primary N) is 1. The van der Waals surface area contributed by atoms with E-state index in [0.29, 0.717) is 12.8 Å². The third kappa shape index (κ3) is 4.07. The first-order valence-electron chi connectivity index (χ1n) is 5.17. The zero-order valence-corrected chi connectivity index (χ0v) is 9.34. The van der Waals surface area contributed by atoms with Gasteiger partial charge in [0.2, 0.25) is 5.91 Å². The number of carbonyl (C=O) groups is 1. The maximum Gasteiger partial charge on any atom is 0.234 e. The Labute approximate surface area is 85.9 Å². The Morgan fingerprint density at radius 1 is 1.57 bits per heavy atom. The van der Waals surface area contributed by atoms with Gasteiger partial charge in [0.1, 0.15) is 0 Å². The summed E-state index contributed by atoms with van der Waals surface area (Å²) in [5.41, 5.74) is 5.04. The van der Waals surface area contributed by atoms with Gasteiger partial charge in [0.05, 0.1) is 6.04 Å². The first-order chi connectivity index (χ1) is 6.49. The van der Waals surface area contributed by atoms with Gasteiger partial charge in [-0.1, -0.05) is 13.8 Å². The topological polar surface area (TPSA) is 75.3 Å². The van der Waals surface area contributed by atoms with Crippen molar-refractivity contribution in [2.45, 2.75) is 51.6 Å². The van der Waals surface area contributed by atoms with Gasteiger partial charge in [-0.25, -0.2) is 0 Å². The van der Waals surface area contributed by atoms with Crippen LogP contribution in [0.2, 0.25) is 0 Å². The molecule has 0 aliphatic carbocycles. The van der Waals surface area contributed by atoms with Gasteiger partial charge >= 0.3 is 0 Å². The van der Waals surface area contributed by atoms with Gasteiger partial charge in [-0.2, -0.15) is 0 Å². The second-order valence-electron chi connectivity index (χ2n) is 3.90. The molecule has 0 aliphatic heterocycles. The van der Waals surface area contributed by atoms with Crippen LogP contribution >= 0.6 is 0 Å². The molecular weight excluding hydrogens is 180 g/mol. The second-order valence-corrected chi connectivity index (χ2v) is 3.90. The summed E-state index contributed by atoms with van der Waals surface area (Å²) in [4.78, 5) is 11.0. The fourth-order valence-corrected chi connectivity index (χ4v) is 1.39. The normalized spacial score (nSPS) is 17.4. The van der Waals surface area contributed by atoms with Crippen molar-refractivity contribution in [1.29, 1.82) is 0 Å². The zero-order valence-electron chi connectivity index (χ0n) is 9.34. The van der Waals surface area contributed by atoms with E-state index in [1.807, 2.05) is 20.8 Å². The Morgan fingerprint density at radius 2 is 2.14 bits per heavy atom.